The zero-order chi connectivity index (χ0) is 12.9. The number of thiocarbonyl (C=S) groups is 1. The zero-order valence-corrected chi connectivity index (χ0v) is 11.5. The standard InChI is InChI=1S/C11H22N2O2S/c1-7(2)6-8(9(12)16)13-10(14)15-11(3,4)5/h7-8H,6H2,1-5H3,(H2,12,16)(H,13,14)/t8-/m0/s1. The first-order valence-corrected chi connectivity index (χ1v) is 5.81. The van der Waals surface area contributed by atoms with Crippen molar-refractivity contribution in [2.75, 3.05) is 0 Å². The molecule has 16 heavy (non-hydrogen) atoms. The fraction of sp³-hybridized carbons (Fsp3) is 0.818. The van der Waals surface area contributed by atoms with Gasteiger partial charge in [0.2, 0.25) is 0 Å². The average molecular weight is 246 g/mol. The van der Waals surface area contributed by atoms with Crippen molar-refractivity contribution in [3.63, 3.8) is 0 Å². The van der Waals surface area contributed by atoms with E-state index in [2.05, 4.69) is 5.32 Å². The number of amides is 1. The molecule has 0 aromatic carbocycles. The number of carbonyl (C=O) groups is 1. The van der Waals surface area contributed by atoms with Crippen molar-refractivity contribution in [1.82, 2.24) is 5.32 Å². The van der Waals surface area contributed by atoms with Crippen molar-refractivity contribution >= 4 is 23.3 Å². The highest BCUT2D eigenvalue weighted by molar-refractivity contribution is 7.80. The third kappa shape index (κ3) is 7.45. The Labute approximate surface area is 103 Å². The number of rotatable bonds is 4. The predicted octanol–water partition coefficient (Wildman–Crippen LogP) is 2.21. The van der Waals surface area contributed by atoms with Crippen LogP contribution in [0.2, 0.25) is 0 Å². The fourth-order valence-electron chi connectivity index (χ4n) is 1.17. The quantitative estimate of drug-likeness (QED) is 0.746. The molecular weight excluding hydrogens is 224 g/mol. The molecule has 0 aromatic rings. The van der Waals surface area contributed by atoms with Crippen LogP contribution >= 0.6 is 12.2 Å². The summed E-state index contributed by atoms with van der Waals surface area (Å²) in [5.74, 6) is 0.404. The van der Waals surface area contributed by atoms with Crippen LogP contribution in [-0.2, 0) is 4.74 Å². The molecule has 0 aromatic heterocycles. The summed E-state index contributed by atoms with van der Waals surface area (Å²) < 4.78 is 5.13. The molecule has 0 aliphatic heterocycles. The summed E-state index contributed by atoms with van der Waals surface area (Å²) in [5, 5.41) is 2.68. The molecule has 0 rings (SSSR count). The lowest BCUT2D eigenvalue weighted by molar-refractivity contribution is 0.0514. The van der Waals surface area contributed by atoms with Gasteiger partial charge >= 0.3 is 6.09 Å². The highest BCUT2D eigenvalue weighted by atomic mass is 32.1. The van der Waals surface area contributed by atoms with Crippen molar-refractivity contribution in [3.05, 3.63) is 0 Å². The minimum atomic E-state index is -0.511. The summed E-state index contributed by atoms with van der Waals surface area (Å²) in [6, 6.07) is -0.301. The van der Waals surface area contributed by atoms with E-state index in [0.717, 1.165) is 0 Å². The van der Waals surface area contributed by atoms with Crippen LogP contribution in [0.5, 0.6) is 0 Å². The van der Waals surface area contributed by atoms with Crippen LogP contribution in [0.1, 0.15) is 41.0 Å². The van der Waals surface area contributed by atoms with Gasteiger partial charge in [0, 0.05) is 0 Å². The molecule has 3 N–H and O–H groups in total. The second-order valence-corrected chi connectivity index (χ2v) is 5.70. The van der Waals surface area contributed by atoms with Gasteiger partial charge in [-0.15, -0.1) is 0 Å². The van der Waals surface area contributed by atoms with Crippen molar-refractivity contribution in [2.24, 2.45) is 11.7 Å². The van der Waals surface area contributed by atoms with Gasteiger partial charge in [-0.3, -0.25) is 0 Å². The van der Waals surface area contributed by atoms with Crippen LogP contribution in [0.25, 0.3) is 0 Å². The molecule has 94 valence electrons. The van der Waals surface area contributed by atoms with E-state index in [4.69, 9.17) is 22.7 Å². The first-order valence-electron chi connectivity index (χ1n) is 5.40. The Hall–Kier alpha value is -0.840. The summed E-state index contributed by atoms with van der Waals surface area (Å²) in [7, 11) is 0. The second kappa shape index (κ2) is 6.03. The molecule has 0 fully saturated rings. The van der Waals surface area contributed by atoms with Crippen LogP contribution < -0.4 is 11.1 Å². The molecule has 0 saturated carbocycles. The largest absolute Gasteiger partial charge is 0.444 e. The summed E-state index contributed by atoms with van der Waals surface area (Å²) >= 11 is 4.90. The number of nitrogens with one attached hydrogen (secondary N) is 1. The van der Waals surface area contributed by atoms with Crippen LogP contribution in [-0.4, -0.2) is 22.7 Å². The number of carbonyl (C=O) groups excluding carboxylic acids is 1. The van der Waals surface area contributed by atoms with E-state index in [0.29, 0.717) is 17.3 Å². The highest BCUT2D eigenvalue weighted by Gasteiger charge is 2.21. The molecule has 4 nitrogen and oxygen atoms in total. The molecule has 1 amide bonds. The lowest BCUT2D eigenvalue weighted by atomic mass is 10.0. The molecule has 0 aliphatic carbocycles. The Balaban J connectivity index is 4.30. The van der Waals surface area contributed by atoms with Gasteiger partial charge < -0.3 is 15.8 Å². The van der Waals surface area contributed by atoms with Gasteiger partial charge in [-0.1, -0.05) is 26.1 Å². The smallest absolute Gasteiger partial charge is 0.408 e. The molecular formula is C11H22N2O2S. The maximum absolute atomic E-state index is 11.5. The van der Waals surface area contributed by atoms with Gasteiger partial charge in [0.25, 0.3) is 0 Å². The maximum atomic E-state index is 11.5. The molecule has 1 atom stereocenters. The van der Waals surface area contributed by atoms with Crippen molar-refractivity contribution in [1.29, 1.82) is 0 Å². The third-order valence-electron chi connectivity index (χ3n) is 1.74. The predicted molar refractivity (Wildman–Crippen MR) is 69.4 cm³/mol. The zero-order valence-electron chi connectivity index (χ0n) is 10.7. The normalized spacial score (nSPS) is 13.4. The van der Waals surface area contributed by atoms with Crippen LogP contribution in [0, 0.1) is 5.92 Å². The van der Waals surface area contributed by atoms with E-state index in [1.54, 1.807) is 0 Å². The molecule has 0 heterocycles. The summed E-state index contributed by atoms with van der Waals surface area (Å²) in [6.45, 7) is 9.52. The first kappa shape index (κ1) is 15.2. The Morgan fingerprint density at radius 1 is 1.44 bits per heavy atom. The number of hydrogen-bond acceptors (Lipinski definition) is 3. The van der Waals surface area contributed by atoms with Gasteiger partial charge in [0.15, 0.2) is 0 Å². The Bertz CT molecular complexity index is 259. The van der Waals surface area contributed by atoms with Crippen LogP contribution in [0.15, 0.2) is 0 Å². The number of hydrogen-bond donors (Lipinski definition) is 2. The van der Waals surface area contributed by atoms with Crippen LogP contribution in [0.4, 0.5) is 4.79 Å². The molecule has 0 radical (unpaired) electrons. The van der Waals surface area contributed by atoms with E-state index in [1.807, 2.05) is 34.6 Å². The second-order valence-electron chi connectivity index (χ2n) is 5.23. The Kier molecular flexibility index (Phi) is 5.72. The maximum Gasteiger partial charge on any atom is 0.408 e. The molecule has 5 heteroatoms. The molecule has 0 aliphatic rings. The highest BCUT2D eigenvalue weighted by Crippen LogP contribution is 2.09. The average Bonchev–Trinajstić information content (AvgIpc) is 1.97. The minimum Gasteiger partial charge on any atom is -0.444 e. The Morgan fingerprint density at radius 3 is 2.25 bits per heavy atom. The van der Waals surface area contributed by atoms with Gasteiger partial charge in [0.1, 0.15) is 5.60 Å². The van der Waals surface area contributed by atoms with Gasteiger partial charge in [-0.25, -0.2) is 4.79 Å². The minimum absolute atomic E-state index is 0.291. The van der Waals surface area contributed by atoms with E-state index in [-0.39, 0.29) is 6.04 Å². The summed E-state index contributed by atoms with van der Waals surface area (Å²) in [6.07, 6.45) is 0.236. The monoisotopic (exact) mass is 246 g/mol. The van der Waals surface area contributed by atoms with E-state index in [1.165, 1.54) is 0 Å². The lowest BCUT2D eigenvalue weighted by Crippen LogP contribution is -2.46. The van der Waals surface area contributed by atoms with Crippen LogP contribution in [0.3, 0.4) is 0 Å². The number of ether oxygens (including phenoxy) is 1. The summed E-state index contributed by atoms with van der Waals surface area (Å²) in [4.78, 5) is 11.8. The molecule has 0 spiro atoms. The van der Waals surface area contributed by atoms with E-state index in [9.17, 15) is 4.79 Å². The molecule has 0 bridgehead atoms. The van der Waals surface area contributed by atoms with Gasteiger partial charge in [-0.05, 0) is 33.1 Å². The van der Waals surface area contributed by atoms with Crippen molar-refractivity contribution in [3.8, 4) is 0 Å². The third-order valence-corrected chi connectivity index (χ3v) is 2.03. The summed E-state index contributed by atoms with van der Waals surface area (Å²) in [5.41, 5.74) is 5.05. The molecule has 0 saturated heterocycles. The topological polar surface area (TPSA) is 64.3 Å². The van der Waals surface area contributed by atoms with E-state index < -0.39 is 11.7 Å². The number of nitrogens with two attached hydrogens (primary N) is 1. The van der Waals surface area contributed by atoms with Crippen molar-refractivity contribution < 1.29 is 9.53 Å². The van der Waals surface area contributed by atoms with E-state index >= 15 is 0 Å². The Morgan fingerprint density at radius 2 is 1.94 bits per heavy atom. The first-order chi connectivity index (χ1) is 7.11. The SMILES string of the molecule is CC(C)C[C@H](NC(=O)OC(C)(C)C)C(N)=S. The van der Waals surface area contributed by atoms with Gasteiger partial charge in [-0.2, -0.15) is 0 Å². The number of alkyl carbamates (subject to hydrolysis) is 1. The molecule has 0 unspecified atom stereocenters. The fourth-order valence-corrected chi connectivity index (χ4v) is 1.32. The lowest BCUT2D eigenvalue weighted by Gasteiger charge is -2.23. The van der Waals surface area contributed by atoms with Crippen molar-refractivity contribution in [2.45, 2.75) is 52.7 Å². The van der Waals surface area contributed by atoms with Gasteiger partial charge in [0.05, 0.1) is 11.0 Å².